The van der Waals surface area contributed by atoms with Gasteiger partial charge in [0.1, 0.15) is 11.1 Å². The molecule has 4 aromatic rings. The molecule has 0 fully saturated rings. The molecule has 0 unspecified atom stereocenters. The number of fused-ring (bicyclic) bond motifs is 1. The van der Waals surface area contributed by atoms with Gasteiger partial charge in [0.15, 0.2) is 5.58 Å². The summed E-state index contributed by atoms with van der Waals surface area (Å²) in [6.45, 7) is 3.97. The first-order chi connectivity index (χ1) is 13.4. The molecule has 140 valence electrons. The highest BCUT2D eigenvalue weighted by molar-refractivity contribution is 7.14. The van der Waals surface area contributed by atoms with Crippen LogP contribution in [-0.4, -0.2) is 22.0 Å². The zero-order valence-corrected chi connectivity index (χ0v) is 16.0. The van der Waals surface area contributed by atoms with Gasteiger partial charge in [-0.1, -0.05) is 30.3 Å². The van der Waals surface area contributed by atoms with Crippen LogP contribution in [0.15, 0.2) is 52.3 Å². The molecule has 2 N–H and O–H groups in total. The van der Waals surface area contributed by atoms with Crippen LogP contribution in [0.2, 0.25) is 0 Å². The summed E-state index contributed by atoms with van der Waals surface area (Å²) in [6.07, 6.45) is 0. The van der Waals surface area contributed by atoms with Crippen molar-refractivity contribution in [3.8, 4) is 10.4 Å². The van der Waals surface area contributed by atoms with Crippen molar-refractivity contribution in [2.24, 2.45) is 0 Å². The number of aryl methyl sites for hydroxylation is 2. The lowest BCUT2D eigenvalue weighted by Gasteiger charge is -2.06. The van der Waals surface area contributed by atoms with Gasteiger partial charge in [0.2, 0.25) is 0 Å². The van der Waals surface area contributed by atoms with Crippen molar-refractivity contribution >= 4 is 40.0 Å². The van der Waals surface area contributed by atoms with E-state index in [-0.39, 0.29) is 17.1 Å². The quantitative estimate of drug-likeness (QED) is 0.503. The molecule has 0 saturated heterocycles. The number of benzene rings is 2. The molecule has 28 heavy (non-hydrogen) atoms. The number of carboxylic acid groups (broad SMARTS) is 1. The highest BCUT2D eigenvalue weighted by atomic mass is 32.1. The molecule has 0 bridgehead atoms. The minimum Gasteiger partial charge on any atom is -0.478 e. The predicted octanol–water partition coefficient (Wildman–Crippen LogP) is 5.12. The van der Waals surface area contributed by atoms with Crippen LogP contribution in [0.1, 0.15) is 32.2 Å². The number of amides is 1. The van der Waals surface area contributed by atoms with E-state index in [2.05, 4.69) is 10.3 Å². The highest BCUT2D eigenvalue weighted by Crippen LogP contribution is 2.37. The molecule has 0 radical (unpaired) electrons. The monoisotopic (exact) mass is 392 g/mol. The van der Waals surface area contributed by atoms with Crippen molar-refractivity contribution < 1.29 is 19.1 Å². The normalized spacial score (nSPS) is 10.9. The number of para-hydroxylation sites is 2. The largest absolute Gasteiger partial charge is 0.478 e. The van der Waals surface area contributed by atoms with Gasteiger partial charge in [-0.05, 0) is 42.7 Å². The molecule has 0 spiro atoms. The molecule has 0 saturated carbocycles. The topological polar surface area (TPSA) is 92.4 Å². The van der Waals surface area contributed by atoms with Gasteiger partial charge in [-0.2, -0.15) is 0 Å². The molecule has 2 heterocycles. The molecule has 1 amide bonds. The van der Waals surface area contributed by atoms with E-state index in [1.54, 1.807) is 29.6 Å². The average molecular weight is 392 g/mol. The van der Waals surface area contributed by atoms with E-state index in [4.69, 9.17) is 4.42 Å². The van der Waals surface area contributed by atoms with E-state index in [9.17, 15) is 14.7 Å². The number of carboxylic acids is 1. The van der Waals surface area contributed by atoms with E-state index in [1.807, 2.05) is 32.0 Å². The van der Waals surface area contributed by atoms with E-state index < -0.39 is 11.9 Å². The van der Waals surface area contributed by atoms with E-state index in [0.717, 1.165) is 16.7 Å². The fourth-order valence-electron chi connectivity index (χ4n) is 2.90. The Balaban J connectivity index is 1.69. The molecule has 2 aromatic carbocycles. The maximum absolute atomic E-state index is 12.5. The summed E-state index contributed by atoms with van der Waals surface area (Å²) >= 11 is 1.27. The van der Waals surface area contributed by atoms with E-state index >= 15 is 0 Å². The van der Waals surface area contributed by atoms with Crippen LogP contribution >= 0.6 is 11.3 Å². The Bertz CT molecular complexity index is 1190. The first-order valence-electron chi connectivity index (χ1n) is 8.53. The second-order valence-electron chi connectivity index (χ2n) is 6.40. The summed E-state index contributed by atoms with van der Waals surface area (Å²) in [5.41, 5.74) is 4.32. The second-order valence-corrected chi connectivity index (χ2v) is 7.28. The van der Waals surface area contributed by atoms with Gasteiger partial charge in [-0.25, -0.2) is 9.78 Å². The highest BCUT2D eigenvalue weighted by Gasteiger charge is 2.23. The number of nitrogens with one attached hydrogen (secondary N) is 1. The summed E-state index contributed by atoms with van der Waals surface area (Å²) < 4.78 is 5.46. The number of thiophene rings is 1. The fraction of sp³-hybridized carbons (Fsp3) is 0.0952. The second kappa shape index (κ2) is 6.94. The third-order valence-corrected chi connectivity index (χ3v) is 5.54. The Morgan fingerprint density at radius 1 is 1.11 bits per heavy atom. The number of aromatic carboxylic acids is 1. The Labute approximate surface area is 164 Å². The van der Waals surface area contributed by atoms with Crippen LogP contribution < -0.4 is 5.32 Å². The molecule has 4 rings (SSSR count). The zero-order valence-electron chi connectivity index (χ0n) is 15.1. The number of hydrogen-bond acceptors (Lipinski definition) is 5. The minimum absolute atomic E-state index is 0.0534. The summed E-state index contributed by atoms with van der Waals surface area (Å²) in [7, 11) is 0. The van der Waals surface area contributed by atoms with Crippen LogP contribution in [0.5, 0.6) is 0 Å². The minimum atomic E-state index is -1.11. The molecule has 6 nitrogen and oxygen atoms in total. The van der Waals surface area contributed by atoms with Crippen molar-refractivity contribution in [1.29, 1.82) is 0 Å². The van der Waals surface area contributed by atoms with Crippen LogP contribution in [0.4, 0.5) is 5.69 Å². The first kappa shape index (κ1) is 17.9. The summed E-state index contributed by atoms with van der Waals surface area (Å²) in [5.74, 6) is -1.82. The maximum Gasteiger partial charge on any atom is 0.339 e. The molecule has 0 aliphatic carbocycles. The van der Waals surface area contributed by atoms with Crippen molar-refractivity contribution in [2.75, 3.05) is 5.32 Å². The lowest BCUT2D eigenvalue weighted by Crippen LogP contribution is -2.14. The third kappa shape index (κ3) is 3.16. The van der Waals surface area contributed by atoms with Crippen LogP contribution in [0.25, 0.3) is 21.5 Å². The molecular formula is C21H16N2O4S. The van der Waals surface area contributed by atoms with Crippen LogP contribution in [0.3, 0.4) is 0 Å². The fourth-order valence-corrected chi connectivity index (χ4v) is 3.89. The van der Waals surface area contributed by atoms with Crippen molar-refractivity contribution in [3.63, 3.8) is 0 Å². The standard InChI is InChI=1S/C21H16N2O4S/c1-11-7-8-13(9-12(11)2)18-17(21(25)26)15(10-28-18)22-19(24)20-23-14-5-3-4-6-16(14)27-20/h3-10H,1-2H3,(H,22,24)(H,25,26). The lowest BCUT2D eigenvalue weighted by atomic mass is 10.0. The van der Waals surface area contributed by atoms with Crippen LogP contribution in [-0.2, 0) is 0 Å². The Morgan fingerprint density at radius 3 is 2.61 bits per heavy atom. The number of oxazole rings is 1. The smallest absolute Gasteiger partial charge is 0.339 e. The Hall–Kier alpha value is -3.45. The average Bonchev–Trinajstić information content (AvgIpc) is 3.28. The van der Waals surface area contributed by atoms with Crippen molar-refractivity contribution in [2.45, 2.75) is 13.8 Å². The van der Waals surface area contributed by atoms with E-state index in [1.165, 1.54) is 11.3 Å². The lowest BCUT2D eigenvalue weighted by molar-refractivity contribution is 0.0699. The first-order valence-corrected chi connectivity index (χ1v) is 9.41. The van der Waals surface area contributed by atoms with Gasteiger partial charge in [0.25, 0.3) is 5.89 Å². The molecule has 2 aromatic heterocycles. The number of carbonyl (C=O) groups is 2. The van der Waals surface area contributed by atoms with E-state index in [0.29, 0.717) is 16.0 Å². The number of nitrogens with zero attached hydrogens (tertiary/aromatic N) is 1. The maximum atomic E-state index is 12.5. The zero-order chi connectivity index (χ0) is 19.8. The molecule has 0 aliphatic heterocycles. The molecule has 0 aliphatic rings. The summed E-state index contributed by atoms with van der Waals surface area (Å²) in [6, 6.07) is 12.8. The van der Waals surface area contributed by atoms with Gasteiger partial charge in [-0.3, -0.25) is 4.79 Å². The molecule has 0 atom stereocenters. The van der Waals surface area contributed by atoms with Gasteiger partial charge in [0, 0.05) is 5.38 Å². The summed E-state index contributed by atoms with van der Waals surface area (Å²) in [5, 5.41) is 14.0. The van der Waals surface area contributed by atoms with Crippen LogP contribution in [0, 0.1) is 13.8 Å². The van der Waals surface area contributed by atoms with Gasteiger partial charge in [0.05, 0.1) is 10.6 Å². The van der Waals surface area contributed by atoms with Crippen molar-refractivity contribution in [3.05, 3.63) is 70.4 Å². The number of aromatic nitrogens is 1. The molecular weight excluding hydrogens is 376 g/mol. The predicted molar refractivity (Wildman–Crippen MR) is 108 cm³/mol. The number of anilines is 1. The van der Waals surface area contributed by atoms with Gasteiger partial charge >= 0.3 is 11.9 Å². The Morgan fingerprint density at radius 2 is 1.89 bits per heavy atom. The number of carbonyl (C=O) groups excluding carboxylic acids is 1. The third-order valence-electron chi connectivity index (χ3n) is 4.51. The molecule has 7 heteroatoms. The van der Waals surface area contributed by atoms with Gasteiger partial charge in [-0.15, -0.1) is 11.3 Å². The summed E-state index contributed by atoms with van der Waals surface area (Å²) in [4.78, 5) is 29.2. The Kier molecular flexibility index (Phi) is 4.44. The van der Waals surface area contributed by atoms with Crippen molar-refractivity contribution in [1.82, 2.24) is 4.98 Å². The number of hydrogen-bond donors (Lipinski definition) is 2. The SMILES string of the molecule is Cc1ccc(-c2scc(NC(=O)c3nc4ccccc4o3)c2C(=O)O)cc1C. The number of rotatable bonds is 4. The van der Waals surface area contributed by atoms with Gasteiger partial charge < -0.3 is 14.8 Å².